The summed E-state index contributed by atoms with van der Waals surface area (Å²) in [6, 6.07) is 9.44. The largest absolute Gasteiger partial charge is 0.478 e. The van der Waals surface area contributed by atoms with Gasteiger partial charge in [0, 0.05) is 17.8 Å². The van der Waals surface area contributed by atoms with Crippen LogP contribution in [0, 0.1) is 6.92 Å². The molecular formula is C19H20N2O5S. The summed E-state index contributed by atoms with van der Waals surface area (Å²) in [5.41, 5.74) is 3.05. The molecule has 142 valence electrons. The van der Waals surface area contributed by atoms with Crippen LogP contribution in [0.2, 0.25) is 0 Å². The van der Waals surface area contributed by atoms with Gasteiger partial charge in [-0.3, -0.25) is 9.10 Å². The number of carbonyl (C=O) groups is 2. The van der Waals surface area contributed by atoms with E-state index >= 15 is 0 Å². The second kappa shape index (κ2) is 7.03. The molecule has 7 nitrogen and oxygen atoms in total. The average Bonchev–Trinajstić information content (AvgIpc) is 2.61. The van der Waals surface area contributed by atoms with E-state index in [0.717, 1.165) is 11.1 Å². The summed E-state index contributed by atoms with van der Waals surface area (Å²) in [6.07, 6.45) is 2.54. The Kier molecular flexibility index (Phi) is 4.93. The molecule has 3 rings (SSSR count). The van der Waals surface area contributed by atoms with Crippen LogP contribution < -0.4 is 9.62 Å². The first-order valence-electron chi connectivity index (χ1n) is 8.43. The fourth-order valence-corrected chi connectivity index (χ4v) is 4.13. The molecule has 0 aromatic heterocycles. The number of carboxylic acid groups (broad SMARTS) is 1. The summed E-state index contributed by atoms with van der Waals surface area (Å²) in [6.45, 7) is 2.20. The van der Waals surface area contributed by atoms with Gasteiger partial charge in [-0.2, -0.15) is 0 Å². The maximum atomic E-state index is 12.6. The van der Waals surface area contributed by atoms with E-state index in [9.17, 15) is 18.0 Å². The lowest BCUT2D eigenvalue weighted by Gasteiger charge is -2.29. The monoisotopic (exact) mass is 388 g/mol. The lowest BCUT2D eigenvalue weighted by Crippen LogP contribution is -2.34. The molecule has 0 atom stereocenters. The van der Waals surface area contributed by atoms with Crippen molar-refractivity contribution >= 4 is 33.3 Å². The van der Waals surface area contributed by atoms with E-state index in [2.05, 4.69) is 5.32 Å². The third kappa shape index (κ3) is 3.95. The Bertz CT molecular complexity index is 1030. The summed E-state index contributed by atoms with van der Waals surface area (Å²) in [5, 5.41) is 11.8. The van der Waals surface area contributed by atoms with E-state index in [1.165, 1.54) is 22.7 Å². The molecule has 0 aliphatic carbocycles. The van der Waals surface area contributed by atoms with Gasteiger partial charge >= 0.3 is 5.97 Å². The average molecular weight is 388 g/mol. The summed E-state index contributed by atoms with van der Waals surface area (Å²) >= 11 is 0. The lowest BCUT2D eigenvalue weighted by molar-refractivity contribution is 0.0696. The van der Waals surface area contributed by atoms with Crippen LogP contribution in [0.4, 0.5) is 11.4 Å². The Balaban J connectivity index is 1.89. The van der Waals surface area contributed by atoms with Gasteiger partial charge in [-0.25, -0.2) is 13.2 Å². The van der Waals surface area contributed by atoms with E-state index in [4.69, 9.17) is 5.11 Å². The van der Waals surface area contributed by atoms with Crippen LogP contribution in [0.1, 0.15) is 38.3 Å². The molecular weight excluding hydrogens is 368 g/mol. The van der Waals surface area contributed by atoms with Crippen LogP contribution in [0.5, 0.6) is 0 Å². The summed E-state index contributed by atoms with van der Waals surface area (Å²) < 4.78 is 25.2. The second-order valence-corrected chi connectivity index (χ2v) is 8.48. The maximum Gasteiger partial charge on any atom is 0.335 e. The predicted molar refractivity (Wildman–Crippen MR) is 103 cm³/mol. The summed E-state index contributed by atoms with van der Waals surface area (Å²) in [7, 11) is -3.36. The van der Waals surface area contributed by atoms with Crippen molar-refractivity contribution in [2.75, 3.05) is 22.4 Å². The molecule has 0 bridgehead atoms. The normalized spacial score (nSPS) is 13.8. The van der Waals surface area contributed by atoms with Crippen molar-refractivity contribution in [3.05, 3.63) is 58.7 Å². The highest BCUT2D eigenvalue weighted by Crippen LogP contribution is 2.30. The minimum absolute atomic E-state index is 0.0881. The Hall–Kier alpha value is -2.87. The third-order valence-corrected chi connectivity index (χ3v) is 5.73. The molecule has 1 heterocycles. The van der Waals surface area contributed by atoms with Gasteiger partial charge in [0.15, 0.2) is 0 Å². The number of amides is 1. The lowest BCUT2D eigenvalue weighted by atomic mass is 10.0. The molecule has 1 aliphatic heterocycles. The maximum absolute atomic E-state index is 12.6. The number of aryl methyl sites for hydroxylation is 2. The Morgan fingerprint density at radius 2 is 1.81 bits per heavy atom. The number of hydrogen-bond acceptors (Lipinski definition) is 4. The minimum Gasteiger partial charge on any atom is -0.478 e. The van der Waals surface area contributed by atoms with Gasteiger partial charge in [-0.05, 0) is 61.2 Å². The zero-order valence-corrected chi connectivity index (χ0v) is 15.8. The second-order valence-electron chi connectivity index (χ2n) is 6.57. The number of carbonyl (C=O) groups excluding carboxylic acids is 1. The number of fused-ring (bicyclic) bond motifs is 1. The number of rotatable bonds is 4. The zero-order valence-electron chi connectivity index (χ0n) is 15.0. The smallest absolute Gasteiger partial charge is 0.335 e. The Morgan fingerprint density at radius 1 is 1.11 bits per heavy atom. The van der Waals surface area contributed by atoms with Gasteiger partial charge in [0.25, 0.3) is 5.91 Å². The molecule has 27 heavy (non-hydrogen) atoms. The quantitative estimate of drug-likeness (QED) is 0.838. The predicted octanol–water partition coefficient (Wildman–Crippen LogP) is 2.66. The molecule has 8 heteroatoms. The van der Waals surface area contributed by atoms with E-state index in [-0.39, 0.29) is 11.5 Å². The van der Waals surface area contributed by atoms with E-state index in [1.54, 1.807) is 31.2 Å². The number of sulfonamides is 1. The first kappa shape index (κ1) is 18.9. The number of nitrogens with zero attached hydrogens (tertiary/aromatic N) is 1. The van der Waals surface area contributed by atoms with Crippen LogP contribution in [0.15, 0.2) is 36.4 Å². The van der Waals surface area contributed by atoms with Crippen LogP contribution in [0.25, 0.3) is 0 Å². The van der Waals surface area contributed by atoms with Gasteiger partial charge in [-0.15, -0.1) is 0 Å². The molecule has 1 amide bonds. The zero-order chi connectivity index (χ0) is 19.8. The molecule has 0 unspecified atom stereocenters. The Morgan fingerprint density at radius 3 is 2.48 bits per heavy atom. The molecule has 0 radical (unpaired) electrons. The molecule has 0 fully saturated rings. The van der Waals surface area contributed by atoms with E-state index in [1.807, 2.05) is 0 Å². The van der Waals surface area contributed by atoms with Crippen molar-refractivity contribution in [3.8, 4) is 0 Å². The van der Waals surface area contributed by atoms with Crippen LogP contribution in [-0.2, 0) is 16.4 Å². The van der Waals surface area contributed by atoms with Crippen molar-refractivity contribution in [1.82, 2.24) is 0 Å². The van der Waals surface area contributed by atoms with Crippen molar-refractivity contribution in [2.45, 2.75) is 19.8 Å². The van der Waals surface area contributed by atoms with E-state index < -0.39 is 16.0 Å². The van der Waals surface area contributed by atoms with Gasteiger partial charge in [-0.1, -0.05) is 6.07 Å². The summed E-state index contributed by atoms with van der Waals surface area (Å²) in [4.78, 5) is 23.7. The van der Waals surface area contributed by atoms with Crippen molar-refractivity contribution in [3.63, 3.8) is 0 Å². The fraction of sp³-hybridized carbons (Fsp3) is 0.263. The number of anilines is 2. The van der Waals surface area contributed by atoms with Gasteiger partial charge < -0.3 is 10.4 Å². The number of aromatic carboxylic acids is 1. The van der Waals surface area contributed by atoms with Crippen LogP contribution >= 0.6 is 0 Å². The Labute approximate surface area is 157 Å². The highest BCUT2D eigenvalue weighted by Gasteiger charge is 2.24. The van der Waals surface area contributed by atoms with Gasteiger partial charge in [0.05, 0.1) is 17.5 Å². The molecule has 2 aromatic carbocycles. The third-order valence-electron chi connectivity index (χ3n) is 4.55. The van der Waals surface area contributed by atoms with E-state index in [0.29, 0.717) is 36.3 Å². The van der Waals surface area contributed by atoms with Crippen LogP contribution in [-0.4, -0.2) is 38.2 Å². The topological polar surface area (TPSA) is 104 Å². The highest BCUT2D eigenvalue weighted by molar-refractivity contribution is 7.92. The van der Waals surface area contributed by atoms with Gasteiger partial charge in [0.2, 0.25) is 10.0 Å². The molecule has 0 saturated heterocycles. The first-order valence-corrected chi connectivity index (χ1v) is 10.3. The molecule has 1 aliphatic rings. The molecule has 0 spiro atoms. The molecule has 2 N–H and O–H groups in total. The number of hydrogen-bond donors (Lipinski definition) is 2. The minimum atomic E-state index is -3.36. The SMILES string of the molecule is Cc1ccc(C(=O)O)cc1NC(=O)c1ccc2c(c1)CCCN2S(C)(=O)=O. The van der Waals surface area contributed by atoms with Crippen molar-refractivity contribution < 1.29 is 23.1 Å². The summed E-state index contributed by atoms with van der Waals surface area (Å²) in [5.74, 6) is -1.44. The molecule has 2 aromatic rings. The standard InChI is InChI=1S/C19H20N2O5S/c1-12-5-6-15(19(23)24)11-16(12)20-18(22)14-7-8-17-13(10-14)4-3-9-21(17)27(2,25)26/h5-8,10-11H,3-4,9H2,1-2H3,(H,20,22)(H,23,24). The number of nitrogens with one attached hydrogen (secondary N) is 1. The highest BCUT2D eigenvalue weighted by atomic mass is 32.2. The van der Waals surface area contributed by atoms with Crippen LogP contribution in [0.3, 0.4) is 0 Å². The van der Waals surface area contributed by atoms with Gasteiger partial charge in [0.1, 0.15) is 0 Å². The molecule has 0 saturated carbocycles. The number of carboxylic acids is 1. The number of benzene rings is 2. The first-order chi connectivity index (χ1) is 12.7. The van der Waals surface area contributed by atoms with Crippen molar-refractivity contribution in [1.29, 1.82) is 0 Å². The fourth-order valence-electron chi connectivity index (χ4n) is 3.13. The van der Waals surface area contributed by atoms with Crippen molar-refractivity contribution in [2.24, 2.45) is 0 Å².